The van der Waals surface area contributed by atoms with Crippen molar-refractivity contribution in [2.45, 2.75) is 19.4 Å². The van der Waals surface area contributed by atoms with E-state index in [1.165, 1.54) is 0 Å². The molecule has 0 aliphatic rings. The third kappa shape index (κ3) is 18.9. The van der Waals surface area contributed by atoms with Crippen LogP contribution in [0.3, 0.4) is 0 Å². The largest absolute Gasteiger partial charge is 1.00 e. The van der Waals surface area contributed by atoms with Crippen molar-refractivity contribution in [2.24, 2.45) is 0 Å². The van der Waals surface area contributed by atoms with Gasteiger partial charge in [0.1, 0.15) is 0 Å². The third-order valence-corrected chi connectivity index (χ3v) is 1.13. The van der Waals surface area contributed by atoms with Crippen molar-refractivity contribution in [3.05, 3.63) is 0 Å². The number of aliphatic hydroxyl groups excluding tert-OH is 1. The first-order valence-electron chi connectivity index (χ1n) is 2.58. The Morgan fingerprint density at radius 2 is 1.91 bits per heavy atom. The molecule has 0 saturated carbocycles. The molecule has 11 heavy (non-hydrogen) atoms. The molecule has 0 aromatic carbocycles. The first-order valence-corrected chi connectivity index (χ1v) is 3.68. The SMILES string of the molecule is CC(O)CCOP([O-])[O-].[Na+].[Na+]. The first-order chi connectivity index (χ1) is 4.13. The van der Waals surface area contributed by atoms with E-state index in [4.69, 9.17) is 5.11 Å². The van der Waals surface area contributed by atoms with Gasteiger partial charge >= 0.3 is 59.1 Å². The molecular formula is C4H9Na2O4P. The molecule has 0 radical (unpaired) electrons. The maximum atomic E-state index is 9.71. The van der Waals surface area contributed by atoms with Gasteiger partial charge in [0, 0.05) is 0 Å². The molecule has 0 aliphatic carbocycles. The van der Waals surface area contributed by atoms with Gasteiger partial charge < -0.3 is 19.4 Å². The summed E-state index contributed by atoms with van der Waals surface area (Å²) in [5.74, 6) is 0. The van der Waals surface area contributed by atoms with Crippen LogP contribution in [0.4, 0.5) is 0 Å². The van der Waals surface area contributed by atoms with E-state index in [0.29, 0.717) is 6.42 Å². The molecular weight excluding hydrogens is 189 g/mol. The third-order valence-electron chi connectivity index (χ3n) is 0.732. The molecule has 1 N–H and O–H groups in total. The predicted molar refractivity (Wildman–Crippen MR) is 29.2 cm³/mol. The van der Waals surface area contributed by atoms with Gasteiger partial charge in [0.25, 0.3) is 0 Å². The Kier molecular flexibility index (Phi) is 21.1. The maximum absolute atomic E-state index is 9.71. The van der Waals surface area contributed by atoms with Gasteiger partial charge in [0.15, 0.2) is 0 Å². The molecule has 0 fully saturated rings. The standard InChI is InChI=1S/C4H9O4P.2Na/c1-4(5)2-3-8-9(6)7;;/h4-5H,2-3H2,1H3;;/q-2;2*+1. The maximum Gasteiger partial charge on any atom is 1.00 e. The van der Waals surface area contributed by atoms with E-state index < -0.39 is 14.7 Å². The van der Waals surface area contributed by atoms with E-state index in [9.17, 15) is 9.79 Å². The summed E-state index contributed by atoms with van der Waals surface area (Å²) in [6.07, 6.45) is -0.150. The zero-order valence-electron chi connectivity index (χ0n) is 7.11. The Hall–Kier alpha value is 2.27. The van der Waals surface area contributed by atoms with E-state index in [2.05, 4.69) is 4.52 Å². The molecule has 7 heteroatoms. The van der Waals surface area contributed by atoms with Crippen LogP contribution >= 0.6 is 8.60 Å². The zero-order valence-corrected chi connectivity index (χ0v) is 12.0. The van der Waals surface area contributed by atoms with E-state index in [0.717, 1.165) is 0 Å². The van der Waals surface area contributed by atoms with Crippen LogP contribution in [0.1, 0.15) is 13.3 Å². The summed E-state index contributed by atoms with van der Waals surface area (Å²) in [6, 6.07) is 0. The van der Waals surface area contributed by atoms with Crippen LogP contribution in [0.15, 0.2) is 0 Å². The normalized spacial score (nSPS) is 11.7. The van der Waals surface area contributed by atoms with Gasteiger partial charge in [-0.05, 0) is 13.3 Å². The van der Waals surface area contributed by atoms with Crippen LogP contribution in [0, 0.1) is 0 Å². The first kappa shape index (κ1) is 18.9. The summed E-state index contributed by atoms with van der Waals surface area (Å²) in [7, 11) is -2.74. The quantitative estimate of drug-likeness (QED) is 0.359. The van der Waals surface area contributed by atoms with Gasteiger partial charge in [-0.3, -0.25) is 0 Å². The number of hydrogen-bond donors (Lipinski definition) is 1. The van der Waals surface area contributed by atoms with Gasteiger partial charge in [-0.1, -0.05) is 0 Å². The summed E-state index contributed by atoms with van der Waals surface area (Å²) >= 11 is 0. The summed E-state index contributed by atoms with van der Waals surface area (Å²) < 4.78 is 4.15. The monoisotopic (exact) mass is 198 g/mol. The number of rotatable bonds is 4. The fraction of sp³-hybridized carbons (Fsp3) is 1.00. The minimum Gasteiger partial charge on any atom is -0.820 e. The van der Waals surface area contributed by atoms with E-state index >= 15 is 0 Å². The van der Waals surface area contributed by atoms with Crippen LogP contribution in [0.5, 0.6) is 0 Å². The van der Waals surface area contributed by atoms with Crippen molar-refractivity contribution >= 4 is 8.60 Å². The van der Waals surface area contributed by atoms with E-state index in [-0.39, 0.29) is 65.7 Å². The van der Waals surface area contributed by atoms with E-state index in [1.54, 1.807) is 6.92 Å². The van der Waals surface area contributed by atoms with Crippen LogP contribution in [0.25, 0.3) is 0 Å². The second kappa shape index (κ2) is 12.3. The molecule has 0 bridgehead atoms. The zero-order chi connectivity index (χ0) is 7.28. The second-order valence-electron chi connectivity index (χ2n) is 1.69. The Bertz CT molecular complexity index is 65.1. The molecule has 0 aromatic heterocycles. The Morgan fingerprint density at radius 3 is 2.18 bits per heavy atom. The average molecular weight is 198 g/mol. The topological polar surface area (TPSA) is 75.6 Å². The van der Waals surface area contributed by atoms with Gasteiger partial charge in [-0.25, -0.2) is 0 Å². The van der Waals surface area contributed by atoms with Crippen LogP contribution < -0.4 is 68.9 Å². The smallest absolute Gasteiger partial charge is 0.820 e. The van der Waals surface area contributed by atoms with Crippen molar-refractivity contribution in [1.82, 2.24) is 0 Å². The summed E-state index contributed by atoms with van der Waals surface area (Å²) in [5, 5.41) is 8.59. The molecule has 0 aliphatic heterocycles. The molecule has 1 unspecified atom stereocenters. The molecule has 1 atom stereocenters. The van der Waals surface area contributed by atoms with Crippen molar-refractivity contribution in [3.63, 3.8) is 0 Å². The van der Waals surface area contributed by atoms with Crippen molar-refractivity contribution < 1.29 is 78.5 Å². The summed E-state index contributed by atoms with van der Waals surface area (Å²) in [6.45, 7) is 1.64. The van der Waals surface area contributed by atoms with Gasteiger partial charge in [-0.15, -0.1) is 0 Å². The second-order valence-corrected chi connectivity index (χ2v) is 2.40. The minimum absolute atomic E-state index is 0. The molecule has 0 aromatic rings. The Balaban J connectivity index is -0.000000320. The Labute approximate surface area is 112 Å². The van der Waals surface area contributed by atoms with Gasteiger partial charge in [0.05, 0.1) is 12.7 Å². The van der Waals surface area contributed by atoms with E-state index in [1.807, 2.05) is 0 Å². The van der Waals surface area contributed by atoms with Crippen molar-refractivity contribution in [3.8, 4) is 0 Å². The number of hydrogen-bond acceptors (Lipinski definition) is 4. The van der Waals surface area contributed by atoms with Crippen molar-refractivity contribution in [2.75, 3.05) is 6.61 Å². The molecule has 0 rings (SSSR count). The molecule has 0 spiro atoms. The van der Waals surface area contributed by atoms with Gasteiger partial charge in [-0.2, -0.15) is 8.60 Å². The molecule has 0 saturated heterocycles. The fourth-order valence-electron chi connectivity index (χ4n) is 0.298. The van der Waals surface area contributed by atoms with Crippen LogP contribution in [-0.2, 0) is 4.52 Å². The molecule has 56 valence electrons. The molecule has 0 amide bonds. The van der Waals surface area contributed by atoms with Crippen molar-refractivity contribution in [1.29, 1.82) is 0 Å². The minimum atomic E-state index is -2.74. The summed E-state index contributed by atoms with van der Waals surface area (Å²) in [5.41, 5.74) is 0. The average Bonchev–Trinajstić information content (AvgIpc) is 1.63. The van der Waals surface area contributed by atoms with Crippen LogP contribution in [0.2, 0.25) is 0 Å². The Morgan fingerprint density at radius 1 is 1.45 bits per heavy atom. The van der Waals surface area contributed by atoms with Crippen LogP contribution in [-0.4, -0.2) is 17.8 Å². The summed E-state index contributed by atoms with van der Waals surface area (Å²) in [4.78, 5) is 19.4. The number of aliphatic hydroxyl groups is 1. The predicted octanol–water partition coefficient (Wildman–Crippen LogP) is -7.27. The fourth-order valence-corrected chi connectivity index (χ4v) is 0.552. The van der Waals surface area contributed by atoms with Gasteiger partial charge in [0.2, 0.25) is 0 Å². The molecule has 0 heterocycles. The molecule has 4 nitrogen and oxygen atoms in total.